The molecule has 4 atom stereocenters. The summed E-state index contributed by atoms with van der Waals surface area (Å²) in [6.07, 6.45) is 0.0553. The molecule has 238 valence electrons. The van der Waals surface area contributed by atoms with Crippen LogP contribution in [0.5, 0.6) is 5.88 Å². The van der Waals surface area contributed by atoms with E-state index < -0.39 is 59.5 Å². The third-order valence-electron chi connectivity index (χ3n) is 6.74. The third kappa shape index (κ3) is 11.9. The van der Waals surface area contributed by atoms with E-state index >= 15 is 0 Å². The number of aromatic nitrogens is 1. The van der Waals surface area contributed by atoms with Crippen LogP contribution < -0.4 is 31.3 Å². The summed E-state index contributed by atoms with van der Waals surface area (Å²) >= 11 is 0. The van der Waals surface area contributed by atoms with Gasteiger partial charge in [-0.05, 0) is 38.2 Å². The van der Waals surface area contributed by atoms with Gasteiger partial charge in [0.15, 0.2) is 5.78 Å². The van der Waals surface area contributed by atoms with Crippen molar-refractivity contribution in [2.24, 2.45) is 11.8 Å². The first kappa shape index (κ1) is 35.0. The summed E-state index contributed by atoms with van der Waals surface area (Å²) < 4.78 is 5.38. The Morgan fingerprint density at radius 2 is 1.74 bits per heavy atom. The lowest BCUT2D eigenvalue weighted by Gasteiger charge is -2.26. The van der Waals surface area contributed by atoms with Gasteiger partial charge >= 0.3 is 6.09 Å². The SMILES string of the molecule is CCCCNC(=O)C[C@H](NC(=O)[C@H](CC(C)C)NC(=O)[C@H](Cc1cccc(OCC)n1)NC(=O)O)C(=O)[C@@H]1CCNC1=O. The van der Waals surface area contributed by atoms with Gasteiger partial charge in [-0.3, -0.25) is 24.0 Å². The standard InChI is InChI=1S/C29H44N6O8/c1-5-7-12-30-23(36)16-20(25(37)19-11-13-31-26(19)38)33-27(39)21(14-17(3)4)34-28(40)22(35-29(41)42)15-18-9-8-10-24(32-18)43-6-2/h8-10,17,19-22,35H,5-7,11-16H2,1-4H3,(H,30,36)(H,31,38)(H,33,39)(H,34,40)(H,41,42)/t19-,20-,21-,22-/m0/s1. The number of unbranched alkanes of at least 4 members (excludes halogenated alkanes) is 1. The molecule has 1 aliphatic heterocycles. The number of carbonyl (C=O) groups is 6. The smallest absolute Gasteiger partial charge is 0.405 e. The lowest BCUT2D eigenvalue weighted by molar-refractivity contribution is -0.138. The first-order chi connectivity index (χ1) is 20.4. The summed E-state index contributed by atoms with van der Waals surface area (Å²) in [5.74, 6) is -3.79. The topological polar surface area (TPSA) is 205 Å². The first-order valence-electron chi connectivity index (χ1n) is 14.7. The zero-order valence-electron chi connectivity index (χ0n) is 25.2. The van der Waals surface area contributed by atoms with E-state index in [-0.39, 0.29) is 31.6 Å². The molecule has 2 heterocycles. The summed E-state index contributed by atoms with van der Waals surface area (Å²) in [4.78, 5) is 80.8. The van der Waals surface area contributed by atoms with Crippen LogP contribution in [0.4, 0.5) is 4.79 Å². The Bertz CT molecular complexity index is 1140. The number of pyridine rings is 1. The highest BCUT2D eigenvalue weighted by molar-refractivity contribution is 6.07. The summed E-state index contributed by atoms with van der Waals surface area (Å²) in [5.41, 5.74) is 0.388. The van der Waals surface area contributed by atoms with Gasteiger partial charge in [0.2, 0.25) is 29.5 Å². The highest BCUT2D eigenvalue weighted by atomic mass is 16.5. The van der Waals surface area contributed by atoms with Crippen molar-refractivity contribution in [3.05, 3.63) is 23.9 Å². The van der Waals surface area contributed by atoms with Crippen LogP contribution in [0.25, 0.3) is 0 Å². The Hall–Kier alpha value is -4.23. The van der Waals surface area contributed by atoms with Crippen molar-refractivity contribution in [3.8, 4) is 5.88 Å². The molecule has 0 aliphatic carbocycles. The van der Waals surface area contributed by atoms with E-state index in [0.29, 0.717) is 31.3 Å². The molecule has 1 fully saturated rings. The van der Waals surface area contributed by atoms with Crippen molar-refractivity contribution < 1.29 is 38.6 Å². The molecule has 14 heteroatoms. The average Bonchev–Trinajstić information content (AvgIpc) is 3.37. The van der Waals surface area contributed by atoms with E-state index in [1.165, 1.54) is 0 Å². The van der Waals surface area contributed by atoms with E-state index in [9.17, 15) is 33.9 Å². The zero-order valence-corrected chi connectivity index (χ0v) is 25.2. The maximum atomic E-state index is 13.5. The molecular weight excluding hydrogens is 560 g/mol. The number of carbonyl (C=O) groups excluding carboxylic acids is 5. The normalized spacial score (nSPS) is 16.4. The Morgan fingerprint density at radius 3 is 2.35 bits per heavy atom. The monoisotopic (exact) mass is 604 g/mol. The fourth-order valence-corrected chi connectivity index (χ4v) is 4.61. The molecule has 0 radical (unpaired) electrons. The fourth-order valence-electron chi connectivity index (χ4n) is 4.61. The third-order valence-corrected chi connectivity index (χ3v) is 6.74. The molecule has 0 unspecified atom stereocenters. The van der Waals surface area contributed by atoms with Crippen molar-refractivity contribution in [1.82, 2.24) is 31.6 Å². The minimum Gasteiger partial charge on any atom is -0.478 e. The molecular formula is C29H44N6O8. The minimum absolute atomic E-state index is 0.0847. The van der Waals surface area contributed by atoms with E-state index in [1.54, 1.807) is 25.1 Å². The van der Waals surface area contributed by atoms with Gasteiger partial charge < -0.3 is 36.4 Å². The van der Waals surface area contributed by atoms with Gasteiger partial charge in [0, 0.05) is 31.3 Å². The fraction of sp³-hybridized carbons (Fsp3) is 0.621. The molecule has 5 amide bonds. The van der Waals surface area contributed by atoms with Crippen molar-refractivity contribution in [2.45, 2.75) is 84.3 Å². The van der Waals surface area contributed by atoms with Gasteiger partial charge in [-0.15, -0.1) is 0 Å². The van der Waals surface area contributed by atoms with Crippen LogP contribution in [0.3, 0.4) is 0 Å². The first-order valence-corrected chi connectivity index (χ1v) is 14.7. The second-order valence-corrected chi connectivity index (χ2v) is 10.8. The summed E-state index contributed by atoms with van der Waals surface area (Å²) in [6.45, 7) is 8.49. The predicted molar refractivity (Wildman–Crippen MR) is 156 cm³/mol. The average molecular weight is 605 g/mol. The highest BCUT2D eigenvalue weighted by Crippen LogP contribution is 2.16. The number of ether oxygens (including phenoxy) is 1. The van der Waals surface area contributed by atoms with E-state index in [4.69, 9.17) is 4.74 Å². The Balaban J connectivity index is 2.24. The quantitative estimate of drug-likeness (QED) is 0.103. The van der Waals surface area contributed by atoms with Crippen LogP contribution in [0.15, 0.2) is 18.2 Å². The second-order valence-electron chi connectivity index (χ2n) is 10.8. The number of rotatable bonds is 18. The molecule has 6 N–H and O–H groups in total. The van der Waals surface area contributed by atoms with Gasteiger partial charge in [-0.25, -0.2) is 9.78 Å². The van der Waals surface area contributed by atoms with E-state index in [2.05, 4.69) is 31.6 Å². The molecule has 1 aromatic rings. The highest BCUT2D eigenvalue weighted by Gasteiger charge is 2.38. The lowest BCUT2D eigenvalue weighted by atomic mass is 9.93. The Morgan fingerprint density at radius 1 is 1.05 bits per heavy atom. The number of hydrogen-bond donors (Lipinski definition) is 6. The number of nitrogens with zero attached hydrogens (tertiary/aromatic N) is 1. The second kappa shape index (κ2) is 17.7. The van der Waals surface area contributed by atoms with Crippen LogP contribution in [-0.4, -0.2) is 83.4 Å². The molecule has 0 spiro atoms. The summed E-state index contributed by atoms with van der Waals surface area (Å²) in [6, 6.07) is 1.15. The van der Waals surface area contributed by atoms with E-state index in [0.717, 1.165) is 12.8 Å². The van der Waals surface area contributed by atoms with Crippen molar-refractivity contribution in [2.75, 3.05) is 19.7 Å². The van der Waals surface area contributed by atoms with Crippen LogP contribution in [0.1, 0.15) is 65.5 Å². The lowest BCUT2D eigenvalue weighted by Crippen LogP contribution is -2.57. The number of carboxylic acid groups (broad SMARTS) is 1. The largest absolute Gasteiger partial charge is 0.478 e. The van der Waals surface area contributed by atoms with Crippen molar-refractivity contribution >= 4 is 35.5 Å². The molecule has 14 nitrogen and oxygen atoms in total. The minimum atomic E-state index is -1.44. The zero-order chi connectivity index (χ0) is 31.9. The summed E-state index contributed by atoms with van der Waals surface area (Å²) in [5, 5.41) is 22.0. The molecule has 0 aromatic carbocycles. The number of amides is 5. The number of Topliss-reactive ketones (excluding diaryl/α,β-unsaturated/α-hetero) is 1. The summed E-state index contributed by atoms with van der Waals surface area (Å²) in [7, 11) is 0. The van der Waals surface area contributed by atoms with Crippen molar-refractivity contribution in [3.63, 3.8) is 0 Å². The Kier molecular flexibility index (Phi) is 14.4. The van der Waals surface area contributed by atoms with Gasteiger partial charge in [0.25, 0.3) is 0 Å². The van der Waals surface area contributed by atoms with Gasteiger partial charge in [0.1, 0.15) is 18.0 Å². The molecule has 1 aromatic heterocycles. The number of hydrogen-bond acceptors (Lipinski definition) is 8. The van der Waals surface area contributed by atoms with Crippen LogP contribution in [0.2, 0.25) is 0 Å². The maximum absolute atomic E-state index is 13.5. The van der Waals surface area contributed by atoms with Gasteiger partial charge in [-0.1, -0.05) is 33.3 Å². The van der Waals surface area contributed by atoms with Gasteiger partial charge in [-0.2, -0.15) is 0 Å². The predicted octanol–water partition coefficient (Wildman–Crippen LogP) is 0.686. The van der Waals surface area contributed by atoms with Crippen LogP contribution >= 0.6 is 0 Å². The molecule has 1 aliphatic rings. The van der Waals surface area contributed by atoms with E-state index in [1.807, 2.05) is 20.8 Å². The van der Waals surface area contributed by atoms with Crippen molar-refractivity contribution in [1.29, 1.82) is 0 Å². The number of nitrogens with one attached hydrogen (secondary N) is 5. The molecule has 43 heavy (non-hydrogen) atoms. The molecule has 0 bridgehead atoms. The Labute approximate surface area is 251 Å². The molecule has 1 saturated heterocycles. The van der Waals surface area contributed by atoms with Gasteiger partial charge in [0.05, 0.1) is 19.1 Å². The molecule has 2 rings (SSSR count). The number of ketones is 1. The van der Waals surface area contributed by atoms with Crippen LogP contribution in [-0.2, 0) is 30.4 Å². The molecule has 0 saturated carbocycles. The maximum Gasteiger partial charge on any atom is 0.405 e. The van der Waals surface area contributed by atoms with Crippen LogP contribution in [0, 0.1) is 11.8 Å².